The molecule has 5 N–H and O–H groups in total. The maximum Gasteiger partial charge on any atom is 0.255 e. The Morgan fingerprint density at radius 3 is 2.69 bits per heavy atom. The summed E-state index contributed by atoms with van der Waals surface area (Å²) < 4.78 is 19.6. The van der Waals surface area contributed by atoms with Crippen LogP contribution in [0.2, 0.25) is 0 Å². The summed E-state index contributed by atoms with van der Waals surface area (Å²) in [6, 6.07) is 5.43. The van der Waals surface area contributed by atoms with Crippen molar-refractivity contribution in [2.24, 2.45) is 5.73 Å². The minimum atomic E-state index is -1.17. The lowest BCUT2D eigenvalue weighted by atomic mass is 10.1. The van der Waals surface area contributed by atoms with Gasteiger partial charge in [-0.3, -0.25) is 29.0 Å². The number of hydrogen-bond acceptors (Lipinski definition) is 7. The van der Waals surface area contributed by atoms with E-state index in [1.54, 1.807) is 12.1 Å². The molecule has 2 aromatic rings. The number of amides is 5. The van der Waals surface area contributed by atoms with E-state index in [9.17, 15) is 28.4 Å². The third kappa shape index (κ3) is 9.05. The largest absolute Gasteiger partial charge is 0.491 e. The maximum absolute atomic E-state index is 14.0. The Labute approximate surface area is 224 Å². The maximum atomic E-state index is 14.0. The highest BCUT2D eigenvalue weighted by Crippen LogP contribution is 2.20. The average Bonchev–Trinajstić information content (AvgIpc) is 2.92. The van der Waals surface area contributed by atoms with Crippen molar-refractivity contribution in [1.82, 2.24) is 25.8 Å². The lowest BCUT2D eigenvalue weighted by Crippen LogP contribution is -2.49. The molecule has 13 heteroatoms. The summed E-state index contributed by atoms with van der Waals surface area (Å²) in [4.78, 5) is 68.1. The molecule has 0 fully saturated rings. The molecule has 208 valence electrons. The minimum Gasteiger partial charge on any atom is -0.491 e. The fourth-order valence-corrected chi connectivity index (χ4v) is 3.89. The molecule has 0 saturated heterocycles. The summed E-state index contributed by atoms with van der Waals surface area (Å²) in [6.07, 6.45) is 3.19. The molecule has 0 radical (unpaired) electrons. The van der Waals surface area contributed by atoms with Crippen LogP contribution in [0.4, 0.5) is 4.39 Å². The van der Waals surface area contributed by atoms with Crippen LogP contribution >= 0.6 is 0 Å². The lowest BCUT2D eigenvalue weighted by molar-refractivity contribution is -0.123. The van der Waals surface area contributed by atoms with Gasteiger partial charge in [-0.05, 0) is 43.2 Å². The molecule has 3 rings (SSSR count). The van der Waals surface area contributed by atoms with E-state index in [1.165, 1.54) is 23.4 Å². The molecule has 0 aliphatic carbocycles. The number of nitrogens with two attached hydrogens (primary N) is 1. The highest BCUT2D eigenvalue weighted by Gasteiger charge is 2.25. The number of fused-ring (bicyclic) bond motifs is 1. The summed E-state index contributed by atoms with van der Waals surface area (Å²) >= 11 is 0. The summed E-state index contributed by atoms with van der Waals surface area (Å²) in [6.45, 7) is 0.496. The van der Waals surface area contributed by atoms with Gasteiger partial charge in [0.1, 0.15) is 24.2 Å². The predicted molar refractivity (Wildman–Crippen MR) is 137 cm³/mol. The van der Waals surface area contributed by atoms with E-state index in [4.69, 9.17) is 10.5 Å². The van der Waals surface area contributed by atoms with E-state index in [2.05, 4.69) is 20.9 Å². The van der Waals surface area contributed by atoms with Crippen molar-refractivity contribution in [1.29, 1.82) is 0 Å². The van der Waals surface area contributed by atoms with Crippen LogP contribution in [0.5, 0.6) is 5.75 Å². The molecule has 5 amide bonds. The van der Waals surface area contributed by atoms with Crippen LogP contribution in [0.1, 0.15) is 46.4 Å². The van der Waals surface area contributed by atoms with Crippen LogP contribution in [0.15, 0.2) is 42.7 Å². The summed E-state index contributed by atoms with van der Waals surface area (Å²) in [5.74, 6) is -3.29. The molecular weight excluding hydrogens is 511 g/mol. The number of rotatable bonds is 4. The first-order valence-corrected chi connectivity index (χ1v) is 12.5. The monoisotopic (exact) mass is 542 g/mol. The molecule has 0 saturated carbocycles. The SMILES string of the molecule is NC(=O)CC[C@@H]1NC(=O)c2cc(F)ccc2OCCNC(=O)CCCN(C(=O)c2cccnc2)CCNC1=O. The van der Waals surface area contributed by atoms with Crippen LogP contribution in [0.3, 0.4) is 0 Å². The van der Waals surface area contributed by atoms with Gasteiger partial charge in [-0.2, -0.15) is 0 Å². The first-order chi connectivity index (χ1) is 18.7. The Kier molecular flexibility index (Phi) is 10.7. The van der Waals surface area contributed by atoms with E-state index in [-0.39, 0.29) is 75.2 Å². The first-order valence-electron chi connectivity index (χ1n) is 12.5. The van der Waals surface area contributed by atoms with Gasteiger partial charge in [0.25, 0.3) is 11.8 Å². The van der Waals surface area contributed by atoms with Crippen LogP contribution in [-0.4, -0.2) is 78.2 Å². The molecular formula is C26H31FN6O6. The zero-order valence-electron chi connectivity index (χ0n) is 21.3. The fourth-order valence-electron chi connectivity index (χ4n) is 3.89. The van der Waals surface area contributed by atoms with Crippen LogP contribution in [0.25, 0.3) is 0 Å². The van der Waals surface area contributed by atoms with Gasteiger partial charge in [0, 0.05) is 44.9 Å². The van der Waals surface area contributed by atoms with Gasteiger partial charge in [-0.15, -0.1) is 0 Å². The molecule has 1 atom stereocenters. The summed E-state index contributed by atoms with van der Waals surface area (Å²) in [7, 11) is 0. The second-order valence-corrected chi connectivity index (χ2v) is 8.80. The van der Waals surface area contributed by atoms with Gasteiger partial charge in [0.05, 0.1) is 17.7 Å². The Bertz CT molecular complexity index is 1190. The van der Waals surface area contributed by atoms with Crippen molar-refractivity contribution in [2.75, 3.05) is 32.8 Å². The average molecular weight is 543 g/mol. The molecule has 1 aromatic carbocycles. The molecule has 0 bridgehead atoms. The van der Waals surface area contributed by atoms with Crippen LogP contribution < -0.4 is 26.4 Å². The fraction of sp³-hybridized carbons (Fsp3) is 0.385. The number of primary amides is 1. The molecule has 1 aromatic heterocycles. The number of aromatic nitrogens is 1. The van der Waals surface area contributed by atoms with Gasteiger partial charge in [0.2, 0.25) is 17.7 Å². The number of nitrogens with one attached hydrogen (secondary N) is 3. The molecule has 2 heterocycles. The first kappa shape index (κ1) is 29.0. The third-order valence-corrected chi connectivity index (χ3v) is 5.88. The number of nitrogens with zero attached hydrogens (tertiary/aromatic N) is 2. The quantitative estimate of drug-likeness (QED) is 0.425. The van der Waals surface area contributed by atoms with Crippen molar-refractivity contribution in [3.63, 3.8) is 0 Å². The zero-order valence-corrected chi connectivity index (χ0v) is 21.3. The summed E-state index contributed by atoms with van der Waals surface area (Å²) in [5.41, 5.74) is 5.43. The number of carbonyl (C=O) groups excluding carboxylic acids is 5. The molecule has 1 aliphatic rings. The highest BCUT2D eigenvalue weighted by molar-refractivity contribution is 6.00. The number of ether oxygens (including phenoxy) is 1. The smallest absolute Gasteiger partial charge is 0.255 e. The van der Waals surface area contributed by atoms with E-state index in [0.717, 1.165) is 12.1 Å². The van der Waals surface area contributed by atoms with E-state index < -0.39 is 29.6 Å². The number of hydrogen-bond donors (Lipinski definition) is 4. The number of halogens is 1. The highest BCUT2D eigenvalue weighted by atomic mass is 19.1. The Morgan fingerprint density at radius 1 is 1.13 bits per heavy atom. The lowest BCUT2D eigenvalue weighted by Gasteiger charge is -2.24. The van der Waals surface area contributed by atoms with Crippen molar-refractivity contribution in [3.8, 4) is 5.75 Å². The standard InChI is InChI=1S/C26H31FN6O6/c27-18-5-7-21-19(15-18)24(36)32-20(6-8-22(28)34)25(37)31-10-13-33(26(38)17-3-1-9-29-16-17)12-2-4-23(35)30-11-14-39-21/h1,3,5,7,9,15-16,20H,2,4,6,8,10-14H2,(H2,28,34)(H,30,35)(H,31,37)(H,32,36)/t20-/m0/s1. The number of benzene rings is 1. The van der Waals surface area contributed by atoms with E-state index in [0.29, 0.717) is 12.0 Å². The van der Waals surface area contributed by atoms with E-state index >= 15 is 0 Å². The Hall–Kier alpha value is -4.55. The molecule has 0 unspecified atom stereocenters. The van der Waals surface area contributed by atoms with Crippen molar-refractivity contribution < 1.29 is 33.1 Å². The Balaban J connectivity index is 1.81. The molecule has 1 aliphatic heterocycles. The van der Waals surface area contributed by atoms with Crippen LogP contribution in [-0.2, 0) is 14.4 Å². The van der Waals surface area contributed by atoms with Crippen molar-refractivity contribution in [3.05, 3.63) is 59.7 Å². The number of carbonyl (C=O) groups is 5. The van der Waals surface area contributed by atoms with E-state index in [1.807, 2.05) is 0 Å². The predicted octanol–water partition coefficient (Wildman–Crippen LogP) is 0.132. The third-order valence-electron chi connectivity index (χ3n) is 5.88. The molecule has 39 heavy (non-hydrogen) atoms. The van der Waals surface area contributed by atoms with Gasteiger partial charge >= 0.3 is 0 Å². The Morgan fingerprint density at radius 2 is 1.95 bits per heavy atom. The minimum absolute atomic E-state index is 0.00510. The van der Waals surface area contributed by atoms with Gasteiger partial charge in [-0.1, -0.05) is 0 Å². The van der Waals surface area contributed by atoms with Gasteiger partial charge in [-0.25, -0.2) is 4.39 Å². The van der Waals surface area contributed by atoms with Gasteiger partial charge in [0.15, 0.2) is 0 Å². The second-order valence-electron chi connectivity index (χ2n) is 8.80. The normalized spacial score (nSPS) is 17.8. The zero-order chi connectivity index (χ0) is 28.2. The molecule has 12 nitrogen and oxygen atoms in total. The summed E-state index contributed by atoms with van der Waals surface area (Å²) in [5, 5.41) is 7.88. The second kappa shape index (κ2) is 14.4. The van der Waals surface area contributed by atoms with Gasteiger partial charge < -0.3 is 31.3 Å². The topological polar surface area (TPSA) is 173 Å². The van der Waals surface area contributed by atoms with Crippen molar-refractivity contribution >= 4 is 29.5 Å². The number of pyridine rings is 1. The van der Waals surface area contributed by atoms with Crippen molar-refractivity contribution in [2.45, 2.75) is 31.7 Å². The van der Waals surface area contributed by atoms with Crippen LogP contribution in [0, 0.1) is 5.82 Å². The molecule has 0 spiro atoms.